The number of carbonyl (C=O) groups is 4. The Bertz CT molecular complexity index is 1080. The molecule has 1 aliphatic rings. The van der Waals surface area contributed by atoms with E-state index < -0.39 is 48.4 Å². The molecule has 1 fully saturated rings. The van der Waals surface area contributed by atoms with E-state index in [-0.39, 0.29) is 36.7 Å². The Labute approximate surface area is 259 Å². The maximum atomic E-state index is 12.5. The first-order chi connectivity index (χ1) is 20.8. The van der Waals surface area contributed by atoms with E-state index in [1.165, 1.54) is 18.2 Å². The summed E-state index contributed by atoms with van der Waals surface area (Å²) in [6.07, 6.45) is 1.97. The Morgan fingerprint density at radius 3 is 1.89 bits per heavy atom. The van der Waals surface area contributed by atoms with Crippen molar-refractivity contribution in [1.29, 1.82) is 0 Å². The molecule has 248 valence electrons. The first-order valence-corrected chi connectivity index (χ1v) is 15.5. The Kier molecular flexibility index (Phi) is 15.3. The standard InChI is InChI=1S/C32H49NO11/c1-19(2)14-16-39-30(36)43-25-13-12-23(18-26(25)44-31(37)40-17-15-20(3)4)27(28(33)29(34)35)21(5)22(6)41-32(38)42-24-10-8-7-9-11-24/h12-13,18-22,24,27-28H,7-11,14-17,33H2,1-6H3,(H,34,35)/t21?,22?,27?,28-/m0/s1. The summed E-state index contributed by atoms with van der Waals surface area (Å²) >= 11 is 0. The van der Waals surface area contributed by atoms with Crippen LogP contribution in [0.3, 0.4) is 0 Å². The first-order valence-electron chi connectivity index (χ1n) is 15.5. The van der Waals surface area contributed by atoms with Gasteiger partial charge in [-0.2, -0.15) is 0 Å². The molecular formula is C32H49NO11. The second-order valence-corrected chi connectivity index (χ2v) is 12.2. The molecule has 1 aromatic carbocycles. The maximum Gasteiger partial charge on any atom is 0.513 e. The number of hydrogen-bond donors (Lipinski definition) is 2. The van der Waals surface area contributed by atoms with E-state index in [9.17, 15) is 24.3 Å². The molecule has 0 aliphatic heterocycles. The van der Waals surface area contributed by atoms with Crippen LogP contribution >= 0.6 is 0 Å². The highest BCUT2D eigenvalue weighted by Gasteiger charge is 2.36. The van der Waals surface area contributed by atoms with E-state index in [0.29, 0.717) is 24.3 Å². The van der Waals surface area contributed by atoms with Gasteiger partial charge in [0.1, 0.15) is 18.2 Å². The van der Waals surface area contributed by atoms with Crippen molar-refractivity contribution in [1.82, 2.24) is 0 Å². The van der Waals surface area contributed by atoms with Crippen LogP contribution in [0.5, 0.6) is 11.5 Å². The first kappa shape index (κ1) is 36.7. The molecule has 1 aromatic rings. The highest BCUT2D eigenvalue weighted by molar-refractivity contribution is 5.75. The number of nitrogens with two attached hydrogens (primary N) is 1. The van der Waals surface area contributed by atoms with Gasteiger partial charge in [0.05, 0.1) is 13.2 Å². The van der Waals surface area contributed by atoms with Crippen LogP contribution in [0.15, 0.2) is 18.2 Å². The van der Waals surface area contributed by atoms with Gasteiger partial charge in [-0.3, -0.25) is 4.79 Å². The number of hydrogen-bond acceptors (Lipinski definition) is 11. The molecule has 1 saturated carbocycles. The fraction of sp³-hybridized carbons (Fsp3) is 0.688. The zero-order valence-electron chi connectivity index (χ0n) is 26.7. The Balaban J connectivity index is 2.31. The Morgan fingerprint density at radius 1 is 0.818 bits per heavy atom. The molecule has 3 N–H and O–H groups in total. The molecule has 0 aromatic heterocycles. The summed E-state index contributed by atoms with van der Waals surface area (Å²) in [4.78, 5) is 49.5. The normalized spacial score (nSPS) is 16.4. The van der Waals surface area contributed by atoms with E-state index >= 15 is 0 Å². The van der Waals surface area contributed by atoms with E-state index in [1.54, 1.807) is 13.8 Å². The van der Waals surface area contributed by atoms with Crippen LogP contribution in [-0.4, -0.2) is 61.0 Å². The minimum Gasteiger partial charge on any atom is -0.480 e. The van der Waals surface area contributed by atoms with Crippen LogP contribution in [0.2, 0.25) is 0 Å². The molecule has 1 aliphatic carbocycles. The predicted octanol–water partition coefficient (Wildman–Crippen LogP) is 6.82. The van der Waals surface area contributed by atoms with Crippen molar-refractivity contribution < 1.29 is 52.7 Å². The molecule has 12 nitrogen and oxygen atoms in total. The number of carboxylic acids is 1. The van der Waals surface area contributed by atoms with E-state index in [0.717, 1.165) is 32.1 Å². The highest BCUT2D eigenvalue weighted by Crippen LogP contribution is 2.37. The zero-order chi connectivity index (χ0) is 32.8. The van der Waals surface area contributed by atoms with E-state index in [2.05, 4.69) is 0 Å². The predicted molar refractivity (Wildman–Crippen MR) is 161 cm³/mol. The maximum absolute atomic E-state index is 12.5. The van der Waals surface area contributed by atoms with Crippen molar-refractivity contribution in [3.8, 4) is 11.5 Å². The summed E-state index contributed by atoms with van der Waals surface area (Å²) in [5.74, 6) is -2.58. The number of ether oxygens (including phenoxy) is 6. The van der Waals surface area contributed by atoms with E-state index in [1.807, 2.05) is 27.7 Å². The van der Waals surface area contributed by atoms with Gasteiger partial charge >= 0.3 is 24.4 Å². The van der Waals surface area contributed by atoms with Crippen molar-refractivity contribution in [3.05, 3.63) is 23.8 Å². The van der Waals surface area contributed by atoms with Crippen LogP contribution in [0, 0.1) is 17.8 Å². The van der Waals surface area contributed by atoms with Gasteiger partial charge in [0.25, 0.3) is 0 Å². The zero-order valence-corrected chi connectivity index (χ0v) is 26.7. The Hall–Kier alpha value is -3.54. The van der Waals surface area contributed by atoms with Gasteiger partial charge in [-0.25, -0.2) is 14.4 Å². The molecule has 4 atom stereocenters. The third-order valence-electron chi connectivity index (χ3n) is 7.65. The molecule has 0 spiro atoms. The van der Waals surface area contributed by atoms with Crippen molar-refractivity contribution in [2.45, 2.75) is 111 Å². The van der Waals surface area contributed by atoms with Gasteiger partial charge in [-0.15, -0.1) is 0 Å². The summed E-state index contributed by atoms with van der Waals surface area (Å²) < 4.78 is 32.0. The second kappa shape index (κ2) is 18.3. The third-order valence-corrected chi connectivity index (χ3v) is 7.65. The van der Waals surface area contributed by atoms with E-state index in [4.69, 9.17) is 34.2 Å². The van der Waals surface area contributed by atoms with Gasteiger partial charge < -0.3 is 39.3 Å². The summed E-state index contributed by atoms with van der Waals surface area (Å²) in [6, 6.07) is 2.79. The molecule has 44 heavy (non-hydrogen) atoms. The lowest BCUT2D eigenvalue weighted by Gasteiger charge is -2.32. The number of carboxylic acid groups (broad SMARTS) is 1. The lowest BCUT2D eigenvalue weighted by molar-refractivity contribution is -0.139. The fourth-order valence-corrected chi connectivity index (χ4v) is 4.78. The third kappa shape index (κ3) is 12.6. The van der Waals surface area contributed by atoms with Gasteiger partial charge in [-0.1, -0.05) is 47.1 Å². The van der Waals surface area contributed by atoms with Crippen LogP contribution in [0.25, 0.3) is 0 Å². The molecule has 0 radical (unpaired) electrons. The number of benzene rings is 1. The van der Waals surface area contributed by atoms with Crippen LogP contribution in [0.4, 0.5) is 14.4 Å². The molecule has 2 rings (SSSR count). The van der Waals surface area contributed by atoms with Crippen LogP contribution < -0.4 is 15.2 Å². The van der Waals surface area contributed by atoms with Gasteiger partial charge in [0.2, 0.25) is 0 Å². The largest absolute Gasteiger partial charge is 0.513 e. The minimum absolute atomic E-state index is 0.110. The van der Waals surface area contributed by atoms with Crippen molar-refractivity contribution in [2.75, 3.05) is 13.2 Å². The number of aliphatic carboxylic acids is 1. The summed E-state index contributed by atoms with van der Waals surface area (Å²) in [5.41, 5.74) is 6.49. The summed E-state index contributed by atoms with van der Waals surface area (Å²) in [7, 11) is 0. The lowest BCUT2D eigenvalue weighted by atomic mass is 9.79. The van der Waals surface area contributed by atoms with Crippen molar-refractivity contribution >= 4 is 24.4 Å². The smallest absolute Gasteiger partial charge is 0.480 e. The molecule has 0 saturated heterocycles. The summed E-state index contributed by atoms with van der Waals surface area (Å²) in [6.45, 7) is 11.5. The number of rotatable bonds is 15. The average molecular weight is 624 g/mol. The van der Waals surface area contributed by atoms with Crippen molar-refractivity contribution in [3.63, 3.8) is 0 Å². The molecule has 12 heteroatoms. The topological polar surface area (TPSA) is 170 Å². The molecule has 3 unspecified atom stereocenters. The quantitative estimate of drug-likeness (QED) is 0.119. The summed E-state index contributed by atoms with van der Waals surface area (Å²) in [5, 5.41) is 9.85. The molecule has 0 bridgehead atoms. The highest BCUT2D eigenvalue weighted by atomic mass is 16.7. The van der Waals surface area contributed by atoms with Gasteiger partial charge in [0, 0.05) is 11.8 Å². The monoisotopic (exact) mass is 623 g/mol. The van der Waals surface area contributed by atoms with Gasteiger partial charge in [0.15, 0.2) is 11.5 Å². The average Bonchev–Trinajstić information content (AvgIpc) is 2.94. The SMILES string of the molecule is CC(C)CCOC(=O)Oc1ccc(C(C(C)C(C)OC(=O)OC2CCCCC2)[C@H](N)C(=O)O)cc1OC(=O)OCCC(C)C. The lowest BCUT2D eigenvalue weighted by Crippen LogP contribution is -2.43. The van der Waals surface area contributed by atoms with Crippen molar-refractivity contribution in [2.24, 2.45) is 23.5 Å². The number of carbonyl (C=O) groups excluding carboxylic acids is 3. The molecular weight excluding hydrogens is 574 g/mol. The van der Waals surface area contributed by atoms with Crippen LogP contribution in [0.1, 0.15) is 98.0 Å². The van der Waals surface area contributed by atoms with Gasteiger partial charge in [-0.05, 0) is 75.0 Å². The fourth-order valence-electron chi connectivity index (χ4n) is 4.78. The molecule has 0 heterocycles. The van der Waals surface area contributed by atoms with Crippen LogP contribution in [-0.2, 0) is 23.7 Å². The minimum atomic E-state index is -1.43. The second-order valence-electron chi connectivity index (χ2n) is 12.2. The molecule has 0 amide bonds. The Morgan fingerprint density at radius 2 is 1.36 bits per heavy atom.